The van der Waals surface area contributed by atoms with Gasteiger partial charge in [-0.25, -0.2) is 4.39 Å². The molecule has 4 heteroatoms. The number of halogens is 1. The molecule has 3 nitrogen and oxygen atoms in total. The first kappa shape index (κ1) is 16.9. The Bertz CT molecular complexity index is 872. The molecular formula is C22H23FN2O. The number of aromatic nitrogens is 1. The highest BCUT2D eigenvalue weighted by Crippen LogP contribution is 2.37. The smallest absolute Gasteiger partial charge is 0.124 e. The molecule has 1 aliphatic heterocycles. The number of fused-ring (bicyclic) bond motifs is 1. The zero-order valence-corrected chi connectivity index (χ0v) is 14.9. The van der Waals surface area contributed by atoms with Gasteiger partial charge in [-0.15, -0.1) is 0 Å². The van der Waals surface area contributed by atoms with Crippen LogP contribution < -0.4 is 4.74 Å². The molecule has 1 atom stereocenters. The van der Waals surface area contributed by atoms with Crippen LogP contribution in [-0.2, 0) is 13.1 Å². The maximum atomic E-state index is 13.3. The number of ether oxygens (including phenoxy) is 1. The summed E-state index contributed by atoms with van der Waals surface area (Å²) in [4.78, 5) is 2.46. The number of hydrogen-bond acceptors (Lipinski definition) is 2. The summed E-state index contributed by atoms with van der Waals surface area (Å²) in [7, 11) is 1.72. The van der Waals surface area contributed by atoms with Crippen LogP contribution in [0, 0.1) is 5.82 Å². The topological polar surface area (TPSA) is 17.4 Å². The third-order valence-electron chi connectivity index (χ3n) is 5.09. The first-order valence-electron chi connectivity index (χ1n) is 9.03. The standard InChI is InChI=1S/C22H23FN2O/c1-26-21-8-3-2-6-19(21)22-20-7-4-13-24(20)14-5-15-25(22)16-17-9-11-18(23)12-10-17/h2-4,6-13,22H,5,14-16H2,1H3/t22-/m1/s1. The highest BCUT2D eigenvalue weighted by Gasteiger charge is 2.29. The van der Waals surface area contributed by atoms with Crippen LogP contribution in [0.15, 0.2) is 66.9 Å². The van der Waals surface area contributed by atoms with Crippen molar-refractivity contribution in [1.29, 1.82) is 0 Å². The summed E-state index contributed by atoms with van der Waals surface area (Å²) in [5.41, 5.74) is 3.55. The van der Waals surface area contributed by atoms with E-state index in [4.69, 9.17) is 4.74 Å². The average Bonchev–Trinajstić information content (AvgIpc) is 3.05. The van der Waals surface area contributed by atoms with Gasteiger partial charge in [0.25, 0.3) is 0 Å². The Morgan fingerprint density at radius 3 is 2.62 bits per heavy atom. The lowest BCUT2D eigenvalue weighted by Gasteiger charge is -2.31. The number of methoxy groups -OCH3 is 1. The maximum Gasteiger partial charge on any atom is 0.124 e. The van der Waals surface area contributed by atoms with Gasteiger partial charge in [-0.1, -0.05) is 30.3 Å². The van der Waals surface area contributed by atoms with E-state index in [-0.39, 0.29) is 11.9 Å². The second-order valence-corrected chi connectivity index (χ2v) is 6.72. The van der Waals surface area contributed by atoms with Crippen LogP contribution in [0.1, 0.15) is 29.3 Å². The zero-order valence-electron chi connectivity index (χ0n) is 14.9. The minimum Gasteiger partial charge on any atom is -0.496 e. The van der Waals surface area contributed by atoms with Gasteiger partial charge in [0.05, 0.1) is 13.2 Å². The van der Waals surface area contributed by atoms with Crippen LogP contribution >= 0.6 is 0 Å². The molecule has 0 saturated heterocycles. The van der Waals surface area contributed by atoms with E-state index in [0.29, 0.717) is 0 Å². The lowest BCUT2D eigenvalue weighted by molar-refractivity contribution is 0.216. The second kappa shape index (κ2) is 7.34. The molecule has 1 aliphatic rings. The summed E-state index contributed by atoms with van der Waals surface area (Å²) in [6, 6.07) is 19.5. The first-order chi connectivity index (χ1) is 12.8. The number of hydrogen-bond donors (Lipinski definition) is 0. The van der Waals surface area contributed by atoms with Gasteiger partial charge in [-0.05, 0) is 42.3 Å². The van der Waals surface area contributed by atoms with Crippen LogP contribution in [0.5, 0.6) is 5.75 Å². The third-order valence-corrected chi connectivity index (χ3v) is 5.09. The van der Waals surface area contributed by atoms with Crippen molar-refractivity contribution < 1.29 is 9.13 Å². The molecule has 26 heavy (non-hydrogen) atoms. The predicted molar refractivity (Wildman–Crippen MR) is 101 cm³/mol. The molecule has 4 rings (SSSR count). The highest BCUT2D eigenvalue weighted by atomic mass is 19.1. The molecule has 0 unspecified atom stereocenters. The van der Waals surface area contributed by atoms with E-state index in [9.17, 15) is 4.39 Å². The lowest BCUT2D eigenvalue weighted by Crippen LogP contribution is -2.29. The Labute approximate surface area is 153 Å². The predicted octanol–water partition coefficient (Wildman–Crippen LogP) is 4.63. The van der Waals surface area contributed by atoms with Crippen LogP contribution in [-0.4, -0.2) is 23.1 Å². The lowest BCUT2D eigenvalue weighted by atomic mass is 10.00. The van der Waals surface area contributed by atoms with E-state index < -0.39 is 0 Å². The number of aryl methyl sites for hydroxylation is 1. The molecule has 0 N–H and O–H groups in total. The normalized spacial score (nSPS) is 17.5. The third kappa shape index (κ3) is 3.25. The molecule has 0 saturated carbocycles. The van der Waals surface area contributed by atoms with E-state index in [1.54, 1.807) is 7.11 Å². The van der Waals surface area contributed by atoms with Crippen molar-refractivity contribution in [3.8, 4) is 5.75 Å². The summed E-state index contributed by atoms with van der Waals surface area (Å²) in [5.74, 6) is 0.705. The Kier molecular flexibility index (Phi) is 4.76. The summed E-state index contributed by atoms with van der Waals surface area (Å²) in [6.45, 7) is 2.75. The van der Waals surface area contributed by atoms with E-state index >= 15 is 0 Å². The fourth-order valence-corrected chi connectivity index (χ4v) is 3.88. The fraction of sp³-hybridized carbons (Fsp3) is 0.273. The van der Waals surface area contributed by atoms with Crippen molar-refractivity contribution in [2.45, 2.75) is 25.6 Å². The Morgan fingerprint density at radius 1 is 1.00 bits per heavy atom. The Morgan fingerprint density at radius 2 is 1.81 bits per heavy atom. The summed E-state index contributed by atoms with van der Waals surface area (Å²) in [5, 5.41) is 0. The molecule has 0 radical (unpaired) electrons. The van der Waals surface area contributed by atoms with Crippen molar-refractivity contribution in [3.63, 3.8) is 0 Å². The molecular weight excluding hydrogens is 327 g/mol. The van der Waals surface area contributed by atoms with Crippen LogP contribution in [0.3, 0.4) is 0 Å². The molecule has 3 aromatic rings. The van der Waals surface area contributed by atoms with Gasteiger partial charge in [0.15, 0.2) is 0 Å². The van der Waals surface area contributed by atoms with E-state index in [2.05, 4.69) is 39.9 Å². The van der Waals surface area contributed by atoms with Gasteiger partial charge in [0.1, 0.15) is 11.6 Å². The van der Waals surface area contributed by atoms with Gasteiger partial charge in [-0.3, -0.25) is 4.90 Å². The SMILES string of the molecule is COc1ccccc1[C@@H]1c2cccn2CCCN1Cc1ccc(F)cc1. The fourth-order valence-electron chi connectivity index (χ4n) is 3.88. The van der Waals surface area contributed by atoms with Gasteiger partial charge in [-0.2, -0.15) is 0 Å². The van der Waals surface area contributed by atoms with Gasteiger partial charge >= 0.3 is 0 Å². The molecule has 1 aromatic heterocycles. The van der Waals surface area contributed by atoms with Gasteiger partial charge < -0.3 is 9.30 Å². The summed E-state index contributed by atoms with van der Waals surface area (Å²) < 4.78 is 21.3. The first-order valence-corrected chi connectivity index (χ1v) is 9.03. The van der Waals surface area contributed by atoms with Crippen molar-refractivity contribution in [2.24, 2.45) is 0 Å². The molecule has 0 spiro atoms. The molecule has 0 aliphatic carbocycles. The quantitative estimate of drug-likeness (QED) is 0.682. The minimum absolute atomic E-state index is 0.105. The number of rotatable bonds is 4. The highest BCUT2D eigenvalue weighted by molar-refractivity contribution is 5.41. The molecule has 0 bridgehead atoms. The Hall–Kier alpha value is -2.59. The summed E-state index contributed by atoms with van der Waals surface area (Å²) in [6.07, 6.45) is 3.23. The molecule has 0 amide bonds. The number of benzene rings is 2. The van der Waals surface area contributed by atoms with E-state index in [1.165, 1.54) is 23.4 Å². The zero-order chi connectivity index (χ0) is 17.9. The van der Waals surface area contributed by atoms with Crippen molar-refractivity contribution >= 4 is 0 Å². The largest absolute Gasteiger partial charge is 0.496 e. The van der Waals surface area contributed by atoms with Crippen molar-refractivity contribution in [2.75, 3.05) is 13.7 Å². The van der Waals surface area contributed by atoms with Crippen LogP contribution in [0.25, 0.3) is 0 Å². The van der Waals surface area contributed by atoms with Crippen LogP contribution in [0.2, 0.25) is 0 Å². The van der Waals surface area contributed by atoms with Gasteiger partial charge in [0.2, 0.25) is 0 Å². The van der Waals surface area contributed by atoms with Gasteiger partial charge in [0, 0.05) is 37.1 Å². The van der Waals surface area contributed by atoms with Crippen molar-refractivity contribution in [1.82, 2.24) is 9.47 Å². The number of para-hydroxylation sites is 1. The Balaban J connectivity index is 1.76. The maximum absolute atomic E-state index is 13.3. The second-order valence-electron chi connectivity index (χ2n) is 6.72. The monoisotopic (exact) mass is 350 g/mol. The number of nitrogens with zero attached hydrogens (tertiary/aromatic N) is 2. The molecule has 0 fully saturated rings. The van der Waals surface area contributed by atoms with Crippen LogP contribution in [0.4, 0.5) is 4.39 Å². The van der Waals surface area contributed by atoms with E-state index in [0.717, 1.165) is 37.4 Å². The molecule has 2 aromatic carbocycles. The summed E-state index contributed by atoms with van der Waals surface area (Å²) >= 11 is 0. The average molecular weight is 350 g/mol. The molecule has 2 heterocycles. The minimum atomic E-state index is -0.195. The van der Waals surface area contributed by atoms with E-state index in [1.807, 2.05) is 24.3 Å². The van der Waals surface area contributed by atoms with Crippen molar-refractivity contribution in [3.05, 3.63) is 89.5 Å². The molecule has 134 valence electrons.